The third-order valence-corrected chi connectivity index (χ3v) is 0.888. The second-order valence-electron chi connectivity index (χ2n) is 1.63. The summed E-state index contributed by atoms with van der Waals surface area (Å²) >= 11 is 0. The van der Waals surface area contributed by atoms with Crippen LogP contribution < -0.4 is 0 Å². The SMILES string of the molecule is [CH2]COCCOCCO[CH2]. The van der Waals surface area contributed by atoms with E-state index >= 15 is 0 Å². The van der Waals surface area contributed by atoms with E-state index in [1.165, 1.54) is 0 Å². The summed E-state index contributed by atoms with van der Waals surface area (Å²) < 4.78 is 14.5. The maximum atomic E-state index is 5.06. The quantitative estimate of drug-likeness (QED) is 0.494. The Morgan fingerprint density at radius 3 is 2.10 bits per heavy atom. The molecular weight excluding hydrogens is 132 g/mol. The summed E-state index contributed by atoms with van der Waals surface area (Å²) in [5.41, 5.74) is 0. The predicted molar refractivity (Wildman–Crippen MR) is 38.3 cm³/mol. The molecule has 0 bridgehead atoms. The Morgan fingerprint density at radius 2 is 1.50 bits per heavy atom. The summed E-state index contributed by atoms with van der Waals surface area (Å²) in [5.74, 6) is 0. The molecule has 0 saturated heterocycles. The van der Waals surface area contributed by atoms with Gasteiger partial charge in [-0.3, -0.25) is 0 Å². The number of hydrogen-bond acceptors (Lipinski definition) is 3. The lowest BCUT2D eigenvalue weighted by Gasteiger charge is -2.02. The van der Waals surface area contributed by atoms with Gasteiger partial charge in [0.25, 0.3) is 0 Å². The second kappa shape index (κ2) is 8.88. The van der Waals surface area contributed by atoms with Gasteiger partial charge in [0.15, 0.2) is 0 Å². The molecule has 0 fully saturated rings. The third kappa shape index (κ3) is 7.88. The highest BCUT2D eigenvalue weighted by atomic mass is 16.5. The molecular formula is C7H14O3. The molecule has 0 aliphatic carbocycles. The van der Waals surface area contributed by atoms with Crippen LogP contribution in [0.3, 0.4) is 0 Å². The third-order valence-electron chi connectivity index (χ3n) is 0.888. The van der Waals surface area contributed by atoms with Crippen molar-refractivity contribution in [2.75, 3.05) is 33.0 Å². The largest absolute Gasteiger partial charge is 0.379 e. The maximum absolute atomic E-state index is 5.06. The standard InChI is InChI=1S/C7H14O3/c1-3-9-6-7-10-5-4-8-2/h1-7H2. The van der Waals surface area contributed by atoms with Crippen molar-refractivity contribution >= 4 is 0 Å². The summed E-state index contributed by atoms with van der Waals surface area (Å²) in [6.45, 7) is 6.30. The molecule has 0 atom stereocenters. The lowest BCUT2D eigenvalue weighted by Crippen LogP contribution is -2.07. The van der Waals surface area contributed by atoms with Crippen molar-refractivity contribution in [3.63, 3.8) is 0 Å². The lowest BCUT2D eigenvalue weighted by atomic mass is 10.7. The molecule has 3 nitrogen and oxygen atoms in total. The zero-order chi connectivity index (χ0) is 7.66. The van der Waals surface area contributed by atoms with E-state index in [2.05, 4.69) is 18.8 Å². The van der Waals surface area contributed by atoms with E-state index in [-0.39, 0.29) is 0 Å². The van der Waals surface area contributed by atoms with Crippen LogP contribution in [0.1, 0.15) is 0 Å². The van der Waals surface area contributed by atoms with Gasteiger partial charge in [0.1, 0.15) is 0 Å². The Bertz CT molecular complexity index is 48.8. The molecule has 0 rings (SSSR count). The minimum Gasteiger partial charge on any atom is -0.379 e. The van der Waals surface area contributed by atoms with Gasteiger partial charge in [0, 0.05) is 6.61 Å². The summed E-state index contributed by atoms with van der Waals surface area (Å²) in [5, 5.41) is 0. The van der Waals surface area contributed by atoms with Gasteiger partial charge in [-0.1, -0.05) is 0 Å². The van der Waals surface area contributed by atoms with Crippen LogP contribution in [-0.2, 0) is 14.2 Å². The monoisotopic (exact) mass is 146 g/mol. The average Bonchev–Trinajstić information content (AvgIpc) is 1.97. The van der Waals surface area contributed by atoms with E-state index in [1.54, 1.807) is 0 Å². The summed E-state index contributed by atoms with van der Waals surface area (Å²) in [4.78, 5) is 0. The highest BCUT2D eigenvalue weighted by Gasteiger charge is 1.86. The maximum Gasteiger partial charge on any atom is 0.0701 e. The number of ether oxygens (including phenoxy) is 3. The molecule has 10 heavy (non-hydrogen) atoms. The van der Waals surface area contributed by atoms with Gasteiger partial charge in [0.05, 0.1) is 33.5 Å². The molecule has 2 radical (unpaired) electrons. The molecule has 0 unspecified atom stereocenters. The van der Waals surface area contributed by atoms with E-state index in [1.807, 2.05) is 0 Å². The second-order valence-corrected chi connectivity index (χ2v) is 1.63. The van der Waals surface area contributed by atoms with Crippen LogP contribution >= 0.6 is 0 Å². The Kier molecular flexibility index (Phi) is 8.77. The minimum absolute atomic E-state index is 0.495. The highest BCUT2D eigenvalue weighted by Crippen LogP contribution is 1.78. The van der Waals surface area contributed by atoms with Crippen molar-refractivity contribution in [2.24, 2.45) is 0 Å². The summed E-state index contributed by atoms with van der Waals surface area (Å²) in [7, 11) is 3.20. The van der Waals surface area contributed by atoms with Gasteiger partial charge in [-0.2, -0.15) is 0 Å². The molecule has 3 heteroatoms. The Labute approximate surface area is 62.3 Å². The topological polar surface area (TPSA) is 27.7 Å². The zero-order valence-electron chi connectivity index (χ0n) is 6.17. The minimum atomic E-state index is 0.495. The van der Waals surface area contributed by atoms with E-state index in [0.29, 0.717) is 33.0 Å². The molecule has 0 N–H and O–H groups in total. The van der Waals surface area contributed by atoms with Crippen molar-refractivity contribution in [1.82, 2.24) is 0 Å². The van der Waals surface area contributed by atoms with E-state index in [4.69, 9.17) is 9.47 Å². The zero-order valence-corrected chi connectivity index (χ0v) is 6.17. The van der Waals surface area contributed by atoms with Crippen molar-refractivity contribution < 1.29 is 14.2 Å². The van der Waals surface area contributed by atoms with Gasteiger partial charge in [-0.15, -0.1) is 0 Å². The molecule has 0 aromatic carbocycles. The van der Waals surface area contributed by atoms with Crippen LogP contribution in [0, 0.1) is 14.0 Å². The molecule has 0 saturated carbocycles. The smallest absolute Gasteiger partial charge is 0.0701 e. The van der Waals surface area contributed by atoms with Crippen LogP contribution in [-0.4, -0.2) is 33.0 Å². The Balaban J connectivity index is 2.65. The molecule has 0 amide bonds. The molecule has 0 aliphatic rings. The molecule has 0 heterocycles. The molecule has 0 aromatic heterocycles. The molecule has 0 spiro atoms. The fraction of sp³-hybridized carbons (Fsp3) is 0.714. The van der Waals surface area contributed by atoms with Gasteiger partial charge in [-0.05, 0) is 6.92 Å². The van der Waals surface area contributed by atoms with E-state index in [9.17, 15) is 0 Å². The average molecular weight is 146 g/mol. The van der Waals surface area contributed by atoms with Crippen molar-refractivity contribution in [2.45, 2.75) is 0 Å². The van der Waals surface area contributed by atoms with Crippen molar-refractivity contribution in [3.8, 4) is 0 Å². The van der Waals surface area contributed by atoms with Crippen LogP contribution in [0.2, 0.25) is 0 Å². The fourth-order valence-corrected chi connectivity index (χ4v) is 0.440. The van der Waals surface area contributed by atoms with Crippen LogP contribution in [0.5, 0.6) is 0 Å². The van der Waals surface area contributed by atoms with Crippen molar-refractivity contribution in [1.29, 1.82) is 0 Å². The summed E-state index contributed by atoms with van der Waals surface area (Å²) in [6, 6.07) is 0. The van der Waals surface area contributed by atoms with Gasteiger partial charge >= 0.3 is 0 Å². The molecule has 60 valence electrons. The normalized spacial score (nSPS) is 10.2. The lowest BCUT2D eigenvalue weighted by molar-refractivity contribution is 0.0368. The molecule has 0 aromatic rings. The van der Waals surface area contributed by atoms with E-state index < -0.39 is 0 Å². The van der Waals surface area contributed by atoms with Gasteiger partial charge in [0.2, 0.25) is 0 Å². The first-order chi connectivity index (χ1) is 4.91. The van der Waals surface area contributed by atoms with Crippen LogP contribution in [0.15, 0.2) is 0 Å². The van der Waals surface area contributed by atoms with Crippen LogP contribution in [0.4, 0.5) is 0 Å². The first kappa shape index (κ1) is 9.88. The van der Waals surface area contributed by atoms with Crippen molar-refractivity contribution in [3.05, 3.63) is 14.0 Å². The van der Waals surface area contributed by atoms with E-state index in [0.717, 1.165) is 0 Å². The Morgan fingerprint density at radius 1 is 0.900 bits per heavy atom. The van der Waals surface area contributed by atoms with Gasteiger partial charge in [-0.25, -0.2) is 0 Å². The molecule has 0 aliphatic heterocycles. The van der Waals surface area contributed by atoms with Crippen LogP contribution in [0.25, 0.3) is 0 Å². The fourth-order valence-electron chi connectivity index (χ4n) is 0.440. The highest BCUT2D eigenvalue weighted by molar-refractivity contribution is 4.33. The summed E-state index contributed by atoms with van der Waals surface area (Å²) in [6.07, 6.45) is 0. The predicted octanol–water partition coefficient (Wildman–Crippen LogP) is 0.662. The number of hydrogen-bond donors (Lipinski definition) is 0. The first-order valence-electron chi connectivity index (χ1n) is 3.23. The first-order valence-corrected chi connectivity index (χ1v) is 3.23. The van der Waals surface area contributed by atoms with Gasteiger partial charge < -0.3 is 14.2 Å². The Hall–Kier alpha value is -0.120. The number of rotatable bonds is 7.